The van der Waals surface area contributed by atoms with Crippen molar-refractivity contribution in [3.63, 3.8) is 0 Å². The Balaban J connectivity index is 2.82. The summed E-state index contributed by atoms with van der Waals surface area (Å²) in [5.41, 5.74) is 0.453. The number of carboxylic acids is 2. The van der Waals surface area contributed by atoms with Gasteiger partial charge in [0.2, 0.25) is 0 Å². The lowest BCUT2D eigenvalue weighted by Gasteiger charge is -2.21. The molecule has 0 aromatic heterocycles. The van der Waals surface area contributed by atoms with E-state index in [1.807, 2.05) is 13.8 Å². The highest BCUT2D eigenvalue weighted by atomic mass is 16.6. The van der Waals surface area contributed by atoms with Gasteiger partial charge >= 0.3 is 17.9 Å². The molecule has 1 aromatic carbocycles. The van der Waals surface area contributed by atoms with Crippen LogP contribution in [0.15, 0.2) is 24.3 Å². The summed E-state index contributed by atoms with van der Waals surface area (Å²) in [7, 11) is 0. The van der Waals surface area contributed by atoms with Gasteiger partial charge in [0, 0.05) is 0 Å². The molecule has 0 aliphatic rings. The minimum atomic E-state index is -1.12. The molecule has 0 aliphatic heterocycles. The van der Waals surface area contributed by atoms with Gasteiger partial charge < -0.3 is 14.9 Å². The molecular weight excluding hydrogens is 362 g/mol. The first-order valence-corrected chi connectivity index (χ1v) is 9.43. The Morgan fingerprint density at radius 1 is 0.964 bits per heavy atom. The fraction of sp³-hybridized carbons (Fsp3) is 0.571. The third kappa shape index (κ3) is 8.52. The number of hydrogen-bond acceptors (Lipinski definition) is 5. The summed E-state index contributed by atoms with van der Waals surface area (Å²) in [5.74, 6) is -2.31. The minimum Gasteiger partial charge on any atom is -0.480 e. The minimum absolute atomic E-state index is 0.107. The number of carbonyl (C=O) groups excluding carboxylic acids is 1. The number of benzene rings is 1. The summed E-state index contributed by atoms with van der Waals surface area (Å²) in [6.45, 7) is 9.31. The fourth-order valence-corrected chi connectivity index (χ4v) is 2.59. The van der Waals surface area contributed by atoms with Crippen LogP contribution in [0.2, 0.25) is 0 Å². The Labute approximate surface area is 166 Å². The molecule has 1 rings (SSSR count). The van der Waals surface area contributed by atoms with Crippen molar-refractivity contribution in [3.8, 4) is 0 Å². The van der Waals surface area contributed by atoms with Crippen molar-refractivity contribution in [3.05, 3.63) is 35.4 Å². The van der Waals surface area contributed by atoms with Crippen LogP contribution in [0, 0.1) is 5.92 Å². The maximum absolute atomic E-state index is 12.1. The molecule has 0 amide bonds. The van der Waals surface area contributed by atoms with Crippen LogP contribution in [0.5, 0.6) is 0 Å². The Morgan fingerprint density at radius 2 is 1.50 bits per heavy atom. The van der Waals surface area contributed by atoms with Gasteiger partial charge in [-0.15, -0.1) is 0 Å². The molecule has 0 radical (unpaired) electrons. The lowest BCUT2D eigenvalue weighted by Crippen LogP contribution is -2.48. The van der Waals surface area contributed by atoms with E-state index in [1.165, 1.54) is 0 Å². The molecule has 0 saturated heterocycles. The highest BCUT2D eigenvalue weighted by molar-refractivity contribution is 5.89. The van der Waals surface area contributed by atoms with Crippen molar-refractivity contribution in [2.75, 3.05) is 0 Å². The van der Waals surface area contributed by atoms with E-state index in [0.717, 1.165) is 0 Å². The summed E-state index contributed by atoms with van der Waals surface area (Å²) in [6.07, 6.45) is 1.14. The van der Waals surface area contributed by atoms with Crippen molar-refractivity contribution in [2.24, 2.45) is 5.92 Å². The predicted octanol–water partition coefficient (Wildman–Crippen LogP) is 3.12. The van der Waals surface area contributed by atoms with E-state index in [-0.39, 0.29) is 6.42 Å². The van der Waals surface area contributed by atoms with Gasteiger partial charge in [-0.3, -0.25) is 14.9 Å². The zero-order valence-corrected chi connectivity index (χ0v) is 17.2. The number of esters is 1. The lowest BCUT2D eigenvalue weighted by molar-refractivity contribution is -0.142. The standard InChI is InChI=1S/C21H31NO6/c1-13(2)6-11-16(18(23)24)22-17(19(25)26)12-14-7-9-15(10-8-14)20(27)28-21(3,4)5/h7-10,13,16-17,22H,6,11-12H2,1-5H3,(H,23,24)(H,25,26)/t16-,17-/m0/s1. The number of rotatable bonds is 10. The van der Waals surface area contributed by atoms with Crippen LogP contribution in [-0.2, 0) is 20.7 Å². The third-order valence-corrected chi connectivity index (χ3v) is 4.06. The number of nitrogens with one attached hydrogen (secondary N) is 1. The highest BCUT2D eigenvalue weighted by Gasteiger charge is 2.26. The van der Waals surface area contributed by atoms with E-state index >= 15 is 0 Å². The molecule has 3 N–H and O–H groups in total. The van der Waals surface area contributed by atoms with Gasteiger partial charge in [0.25, 0.3) is 0 Å². The smallest absolute Gasteiger partial charge is 0.338 e. The molecule has 7 heteroatoms. The van der Waals surface area contributed by atoms with E-state index in [2.05, 4.69) is 5.32 Å². The number of carboxylic acid groups (broad SMARTS) is 2. The average Bonchev–Trinajstić information content (AvgIpc) is 2.55. The van der Waals surface area contributed by atoms with E-state index in [4.69, 9.17) is 4.74 Å². The molecule has 2 atom stereocenters. The highest BCUT2D eigenvalue weighted by Crippen LogP contribution is 2.14. The summed E-state index contributed by atoms with van der Waals surface area (Å²) >= 11 is 0. The van der Waals surface area contributed by atoms with Gasteiger partial charge in [-0.25, -0.2) is 4.79 Å². The Morgan fingerprint density at radius 3 is 1.93 bits per heavy atom. The fourth-order valence-electron chi connectivity index (χ4n) is 2.59. The topological polar surface area (TPSA) is 113 Å². The Kier molecular flexibility index (Phi) is 8.63. The number of hydrogen-bond donors (Lipinski definition) is 3. The van der Waals surface area contributed by atoms with Crippen LogP contribution >= 0.6 is 0 Å². The molecule has 0 unspecified atom stereocenters. The zero-order chi connectivity index (χ0) is 21.5. The molecule has 0 bridgehead atoms. The summed E-state index contributed by atoms with van der Waals surface area (Å²) < 4.78 is 5.30. The number of ether oxygens (including phenoxy) is 1. The predicted molar refractivity (Wildman–Crippen MR) is 105 cm³/mol. The molecule has 28 heavy (non-hydrogen) atoms. The molecule has 156 valence electrons. The van der Waals surface area contributed by atoms with E-state index in [0.29, 0.717) is 29.9 Å². The van der Waals surface area contributed by atoms with Crippen LogP contribution in [0.4, 0.5) is 0 Å². The first-order valence-electron chi connectivity index (χ1n) is 9.43. The van der Waals surface area contributed by atoms with Gasteiger partial charge in [0.1, 0.15) is 17.7 Å². The zero-order valence-electron chi connectivity index (χ0n) is 17.2. The van der Waals surface area contributed by atoms with Crippen molar-refractivity contribution >= 4 is 17.9 Å². The second-order valence-corrected chi connectivity index (χ2v) is 8.32. The van der Waals surface area contributed by atoms with Crippen LogP contribution < -0.4 is 5.32 Å². The lowest BCUT2D eigenvalue weighted by atomic mass is 10.00. The van der Waals surface area contributed by atoms with Crippen molar-refractivity contribution in [1.29, 1.82) is 0 Å². The van der Waals surface area contributed by atoms with E-state index in [1.54, 1.807) is 45.0 Å². The van der Waals surface area contributed by atoms with Crippen LogP contribution in [0.25, 0.3) is 0 Å². The SMILES string of the molecule is CC(C)CC[C@H](N[C@@H](Cc1ccc(C(=O)OC(C)(C)C)cc1)C(=O)O)C(=O)O. The van der Waals surface area contributed by atoms with Crippen LogP contribution in [0.1, 0.15) is 63.4 Å². The molecule has 0 fully saturated rings. The van der Waals surface area contributed by atoms with Crippen molar-refractivity contribution in [2.45, 2.75) is 71.6 Å². The first-order chi connectivity index (χ1) is 12.9. The molecular formula is C21H31NO6. The van der Waals surface area contributed by atoms with E-state index < -0.39 is 35.6 Å². The van der Waals surface area contributed by atoms with Gasteiger partial charge in [-0.2, -0.15) is 0 Å². The monoisotopic (exact) mass is 393 g/mol. The number of aliphatic carboxylic acids is 2. The van der Waals surface area contributed by atoms with Crippen LogP contribution in [0.3, 0.4) is 0 Å². The van der Waals surface area contributed by atoms with Gasteiger partial charge in [0.05, 0.1) is 5.56 Å². The number of carbonyl (C=O) groups is 3. The first kappa shape index (κ1) is 23.6. The Bertz CT molecular complexity index is 675. The van der Waals surface area contributed by atoms with Crippen molar-refractivity contribution in [1.82, 2.24) is 5.32 Å². The maximum Gasteiger partial charge on any atom is 0.338 e. The van der Waals surface area contributed by atoms with Gasteiger partial charge in [0.15, 0.2) is 0 Å². The quantitative estimate of drug-likeness (QED) is 0.523. The van der Waals surface area contributed by atoms with Gasteiger partial charge in [-0.1, -0.05) is 26.0 Å². The second kappa shape index (κ2) is 10.2. The largest absolute Gasteiger partial charge is 0.480 e. The average molecular weight is 393 g/mol. The molecule has 1 aromatic rings. The molecule has 7 nitrogen and oxygen atoms in total. The molecule has 0 saturated carbocycles. The maximum atomic E-state index is 12.1. The Hall–Kier alpha value is -2.41. The molecule has 0 spiro atoms. The molecule has 0 heterocycles. The van der Waals surface area contributed by atoms with Crippen molar-refractivity contribution < 1.29 is 29.3 Å². The molecule has 0 aliphatic carbocycles. The summed E-state index contributed by atoms with van der Waals surface area (Å²) in [5, 5.41) is 21.6. The van der Waals surface area contributed by atoms with E-state index in [9.17, 15) is 24.6 Å². The summed E-state index contributed by atoms with van der Waals surface area (Å²) in [4.78, 5) is 35.1. The third-order valence-electron chi connectivity index (χ3n) is 4.06. The second-order valence-electron chi connectivity index (χ2n) is 8.32. The normalized spacial score (nSPS) is 13.8. The van der Waals surface area contributed by atoms with Gasteiger partial charge in [-0.05, 0) is 63.6 Å². The van der Waals surface area contributed by atoms with Crippen LogP contribution in [-0.4, -0.2) is 45.8 Å². The summed E-state index contributed by atoms with van der Waals surface area (Å²) in [6, 6.07) is 4.50.